The fourth-order valence-electron chi connectivity index (χ4n) is 3.00. The first kappa shape index (κ1) is 22.4. The van der Waals surface area contributed by atoms with Gasteiger partial charge in [0.2, 0.25) is 5.91 Å². The average molecular weight is 401 g/mol. The molecule has 1 amide bonds. The minimum atomic E-state index is -0.516. The maximum Gasteiger partial charge on any atom is 0.239 e. The standard InChI is InChI=1S/C18H24N4O2.2ClH/c1-14-10-20-22(11-14)13-16-12-21(7-8-24-16)18(23)17(19)9-15-5-3-2-4-6-15;;/h2-6,10-11,16-17H,7-9,12-13,19H2,1H3;2*1H. The molecule has 144 valence electrons. The number of carbonyl (C=O) groups excluding carboxylic acids is 1. The van der Waals surface area contributed by atoms with Gasteiger partial charge in [0.25, 0.3) is 0 Å². The van der Waals surface area contributed by atoms with Crippen molar-refractivity contribution in [3.05, 3.63) is 53.9 Å². The van der Waals surface area contributed by atoms with E-state index in [0.29, 0.717) is 32.7 Å². The summed E-state index contributed by atoms with van der Waals surface area (Å²) in [5.74, 6) is -0.0104. The molecule has 0 aliphatic carbocycles. The van der Waals surface area contributed by atoms with Crippen LogP contribution in [-0.4, -0.2) is 52.4 Å². The Morgan fingerprint density at radius 1 is 1.35 bits per heavy atom. The van der Waals surface area contributed by atoms with Gasteiger partial charge in [-0.1, -0.05) is 30.3 Å². The topological polar surface area (TPSA) is 73.4 Å². The van der Waals surface area contributed by atoms with E-state index in [1.807, 2.05) is 59.2 Å². The first-order chi connectivity index (χ1) is 11.6. The number of morpholine rings is 1. The van der Waals surface area contributed by atoms with Gasteiger partial charge in [0, 0.05) is 19.3 Å². The Kier molecular flexibility index (Phi) is 9.08. The molecule has 2 atom stereocenters. The Labute approximate surface area is 166 Å². The van der Waals surface area contributed by atoms with Gasteiger partial charge in [-0.2, -0.15) is 5.10 Å². The van der Waals surface area contributed by atoms with Gasteiger partial charge in [0.05, 0.1) is 31.5 Å². The number of aryl methyl sites for hydroxylation is 1. The van der Waals surface area contributed by atoms with Crippen molar-refractivity contribution in [1.29, 1.82) is 0 Å². The summed E-state index contributed by atoms with van der Waals surface area (Å²) in [6.07, 6.45) is 4.30. The summed E-state index contributed by atoms with van der Waals surface area (Å²) >= 11 is 0. The molecule has 2 aromatic rings. The number of halogens is 2. The van der Waals surface area contributed by atoms with Crippen molar-refractivity contribution in [2.75, 3.05) is 19.7 Å². The van der Waals surface area contributed by atoms with Crippen LogP contribution in [0.1, 0.15) is 11.1 Å². The Hall–Kier alpha value is -1.60. The molecule has 1 aliphatic rings. The smallest absolute Gasteiger partial charge is 0.239 e. The largest absolute Gasteiger partial charge is 0.373 e. The molecule has 2 unspecified atom stereocenters. The quantitative estimate of drug-likeness (QED) is 0.830. The lowest BCUT2D eigenvalue weighted by Crippen LogP contribution is -2.52. The number of amides is 1. The molecule has 6 nitrogen and oxygen atoms in total. The van der Waals surface area contributed by atoms with Gasteiger partial charge < -0.3 is 15.4 Å². The van der Waals surface area contributed by atoms with E-state index in [1.54, 1.807) is 0 Å². The highest BCUT2D eigenvalue weighted by Crippen LogP contribution is 2.11. The van der Waals surface area contributed by atoms with Crippen LogP contribution in [0, 0.1) is 6.92 Å². The van der Waals surface area contributed by atoms with Crippen LogP contribution >= 0.6 is 24.8 Å². The minimum absolute atomic E-state index is 0. The van der Waals surface area contributed by atoms with Crippen LogP contribution in [0.5, 0.6) is 0 Å². The molecule has 1 aromatic carbocycles. The van der Waals surface area contributed by atoms with E-state index in [2.05, 4.69) is 5.10 Å². The molecule has 3 rings (SSSR count). The van der Waals surface area contributed by atoms with Gasteiger partial charge in [-0.3, -0.25) is 9.48 Å². The zero-order valence-corrected chi connectivity index (χ0v) is 16.4. The predicted octanol–water partition coefficient (Wildman–Crippen LogP) is 1.83. The third-order valence-electron chi connectivity index (χ3n) is 4.22. The molecule has 1 fully saturated rings. The van der Waals surface area contributed by atoms with E-state index in [-0.39, 0.29) is 36.8 Å². The predicted molar refractivity (Wildman–Crippen MR) is 106 cm³/mol. The van der Waals surface area contributed by atoms with Gasteiger partial charge in [-0.05, 0) is 24.5 Å². The van der Waals surface area contributed by atoms with Gasteiger partial charge >= 0.3 is 0 Å². The summed E-state index contributed by atoms with van der Waals surface area (Å²) in [5, 5.41) is 4.28. The van der Waals surface area contributed by atoms with Crippen LogP contribution in [-0.2, 0) is 22.5 Å². The van der Waals surface area contributed by atoms with Crippen LogP contribution in [0.3, 0.4) is 0 Å². The zero-order valence-electron chi connectivity index (χ0n) is 14.8. The minimum Gasteiger partial charge on any atom is -0.373 e. The van der Waals surface area contributed by atoms with Gasteiger partial charge in [-0.15, -0.1) is 24.8 Å². The number of hydrogen-bond donors (Lipinski definition) is 1. The first-order valence-corrected chi connectivity index (χ1v) is 8.31. The van der Waals surface area contributed by atoms with E-state index in [1.165, 1.54) is 0 Å². The molecule has 26 heavy (non-hydrogen) atoms. The molecule has 1 saturated heterocycles. The highest BCUT2D eigenvalue weighted by Gasteiger charge is 2.28. The summed E-state index contributed by atoms with van der Waals surface area (Å²) in [6.45, 7) is 4.33. The van der Waals surface area contributed by atoms with Crippen molar-refractivity contribution in [2.24, 2.45) is 5.73 Å². The van der Waals surface area contributed by atoms with Crippen molar-refractivity contribution in [1.82, 2.24) is 14.7 Å². The second-order valence-corrected chi connectivity index (χ2v) is 6.31. The molecule has 1 aromatic heterocycles. The Morgan fingerprint density at radius 3 is 2.73 bits per heavy atom. The average Bonchev–Trinajstić information content (AvgIpc) is 3.00. The molecule has 0 bridgehead atoms. The maximum atomic E-state index is 12.6. The molecular formula is C18H26Cl2N4O2. The number of benzene rings is 1. The number of ether oxygens (including phenoxy) is 1. The van der Waals surface area contributed by atoms with Gasteiger partial charge in [0.15, 0.2) is 0 Å². The Balaban J connectivity index is 0.00000169. The highest BCUT2D eigenvalue weighted by atomic mass is 35.5. The van der Waals surface area contributed by atoms with E-state index in [4.69, 9.17) is 10.5 Å². The first-order valence-electron chi connectivity index (χ1n) is 8.31. The van der Waals surface area contributed by atoms with Crippen molar-refractivity contribution < 1.29 is 9.53 Å². The van der Waals surface area contributed by atoms with E-state index < -0.39 is 6.04 Å². The summed E-state index contributed by atoms with van der Waals surface area (Å²) in [6, 6.07) is 9.36. The summed E-state index contributed by atoms with van der Waals surface area (Å²) in [5.41, 5.74) is 8.33. The van der Waals surface area contributed by atoms with Crippen molar-refractivity contribution in [3.8, 4) is 0 Å². The SMILES string of the molecule is Cc1cnn(CC2CN(C(=O)C(N)Cc3ccccc3)CCO2)c1.Cl.Cl. The van der Waals surface area contributed by atoms with Gasteiger partial charge in [0.1, 0.15) is 0 Å². The lowest BCUT2D eigenvalue weighted by atomic mass is 10.1. The second kappa shape index (κ2) is 10.5. The molecule has 1 aliphatic heterocycles. The Morgan fingerprint density at radius 2 is 2.08 bits per heavy atom. The normalized spacial score (nSPS) is 17.8. The second-order valence-electron chi connectivity index (χ2n) is 6.31. The van der Waals surface area contributed by atoms with Crippen LogP contribution in [0.15, 0.2) is 42.7 Å². The summed E-state index contributed by atoms with van der Waals surface area (Å²) < 4.78 is 7.63. The number of hydrogen-bond acceptors (Lipinski definition) is 4. The van der Waals surface area contributed by atoms with Crippen LogP contribution < -0.4 is 5.73 Å². The number of nitrogens with two attached hydrogens (primary N) is 1. The number of rotatable bonds is 5. The van der Waals surface area contributed by atoms with E-state index in [9.17, 15) is 4.79 Å². The van der Waals surface area contributed by atoms with Crippen LogP contribution in [0.25, 0.3) is 0 Å². The van der Waals surface area contributed by atoms with E-state index in [0.717, 1.165) is 11.1 Å². The molecule has 0 radical (unpaired) electrons. The van der Waals surface area contributed by atoms with Gasteiger partial charge in [-0.25, -0.2) is 0 Å². The lowest BCUT2D eigenvalue weighted by molar-refractivity contribution is -0.140. The van der Waals surface area contributed by atoms with E-state index >= 15 is 0 Å². The Bertz CT molecular complexity index is 681. The maximum absolute atomic E-state index is 12.6. The third-order valence-corrected chi connectivity index (χ3v) is 4.22. The third kappa shape index (κ3) is 5.99. The monoisotopic (exact) mass is 400 g/mol. The van der Waals surface area contributed by atoms with Crippen molar-refractivity contribution in [2.45, 2.75) is 32.0 Å². The highest BCUT2D eigenvalue weighted by molar-refractivity contribution is 5.85. The number of nitrogens with zero attached hydrogens (tertiary/aromatic N) is 3. The molecule has 8 heteroatoms. The number of carbonyl (C=O) groups is 1. The summed E-state index contributed by atoms with van der Waals surface area (Å²) in [7, 11) is 0. The molecule has 2 N–H and O–H groups in total. The summed E-state index contributed by atoms with van der Waals surface area (Å²) in [4.78, 5) is 14.4. The fraction of sp³-hybridized carbons (Fsp3) is 0.444. The fourth-order valence-corrected chi connectivity index (χ4v) is 3.00. The van der Waals surface area contributed by atoms with Crippen LogP contribution in [0.4, 0.5) is 0 Å². The molecule has 0 spiro atoms. The molecule has 0 saturated carbocycles. The van der Waals surface area contributed by atoms with Crippen LogP contribution in [0.2, 0.25) is 0 Å². The number of aromatic nitrogens is 2. The van der Waals surface area contributed by atoms with Crippen molar-refractivity contribution in [3.63, 3.8) is 0 Å². The zero-order chi connectivity index (χ0) is 16.9. The molecular weight excluding hydrogens is 375 g/mol. The lowest BCUT2D eigenvalue weighted by Gasteiger charge is -2.34. The molecule has 2 heterocycles. The van der Waals surface area contributed by atoms with Crippen molar-refractivity contribution >= 4 is 30.7 Å².